The minimum absolute atomic E-state index is 0.212. The summed E-state index contributed by atoms with van der Waals surface area (Å²) in [4.78, 5) is 14.7. The summed E-state index contributed by atoms with van der Waals surface area (Å²) in [5.74, 6) is -0.324. The van der Waals surface area contributed by atoms with E-state index in [1.54, 1.807) is 60.9 Å². The van der Waals surface area contributed by atoms with Crippen molar-refractivity contribution in [1.82, 2.24) is 19.3 Å². The number of amides is 1. The summed E-state index contributed by atoms with van der Waals surface area (Å²) in [6.45, 7) is 2.24. The van der Waals surface area contributed by atoms with Crippen molar-refractivity contribution in [2.75, 3.05) is 11.9 Å². The number of carbonyl (C=O) groups is 1. The average molecular weight is 426 g/mol. The van der Waals surface area contributed by atoms with Crippen molar-refractivity contribution in [3.8, 4) is 5.69 Å². The van der Waals surface area contributed by atoms with Crippen molar-refractivity contribution < 1.29 is 13.2 Å². The second-order valence-electron chi connectivity index (χ2n) is 7.30. The summed E-state index contributed by atoms with van der Waals surface area (Å²) in [5, 5.41) is 11.0. The Morgan fingerprint density at radius 1 is 1.00 bits per heavy atom. The fourth-order valence-electron chi connectivity index (χ4n) is 3.55. The quantitative estimate of drug-likeness (QED) is 0.678. The topological polar surface area (TPSA) is 97.2 Å². The molecule has 1 aliphatic rings. The molecule has 2 heterocycles. The zero-order valence-corrected chi connectivity index (χ0v) is 17.4. The molecule has 1 N–H and O–H groups in total. The fraction of sp³-hybridized carbons (Fsp3) is 0.286. The van der Waals surface area contributed by atoms with E-state index in [2.05, 4.69) is 15.5 Å². The molecule has 1 unspecified atom stereocenters. The van der Waals surface area contributed by atoms with Crippen LogP contribution in [0.1, 0.15) is 24.8 Å². The molecule has 9 heteroatoms. The van der Waals surface area contributed by atoms with Gasteiger partial charge < -0.3 is 5.32 Å². The van der Waals surface area contributed by atoms with Crippen molar-refractivity contribution in [3.05, 3.63) is 66.5 Å². The van der Waals surface area contributed by atoms with Gasteiger partial charge in [-0.2, -0.15) is 19.3 Å². The lowest BCUT2D eigenvalue weighted by atomic mass is 10.0. The van der Waals surface area contributed by atoms with Gasteiger partial charge >= 0.3 is 0 Å². The molecule has 4 rings (SSSR count). The molecule has 30 heavy (non-hydrogen) atoms. The smallest absolute Gasteiger partial charge is 0.243 e. The molecule has 0 spiro atoms. The molecule has 3 aromatic rings. The molecule has 0 bridgehead atoms. The van der Waals surface area contributed by atoms with Gasteiger partial charge in [-0.3, -0.25) is 4.79 Å². The van der Waals surface area contributed by atoms with Crippen LogP contribution in [0.3, 0.4) is 0 Å². The molecule has 0 radical (unpaired) electrons. The van der Waals surface area contributed by atoms with E-state index >= 15 is 0 Å². The summed E-state index contributed by atoms with van der Waals surface area (Å²) < 4.78 is 27.7. The van der Waals surface area contributed by atoms with Gasteiger partial charge in [0.2, 0.25) is 15.9 Å². The van der Waals surface area contributed by atoms with Crippen LogP contribution in [0.25, 0.3) is 5.69 Å². The molecule has 1 atom stereocenters. The van der Waals surface area contributed by atoms with Crippen LogP contribution in [-0.2, 0) is 14.8 Å². The molecular formula is C21H23N5O3S. The number of nitrogens with one attached hydrogen (secondary N) is 1. The van der Waals surface area contributed by atoms with Gasteiger partial charge in [0.1, 0.15) is 6.04 Å². The lowest BCUT2D eigenvalue weighted by molar-refractivity contribution is -0.120. The van der Waals surface area contributed by atoms with Crippen molar-refractivity contribution in [3.63, 3.8) is 0 Å². The lowest BCUT2D eigenvalue weighted by Crippen LogP contribution is -2.49. The Balaban J connectivity index is 1.52. The predicted molar refractivity (Wildman–Crippen MR) is 113 cm³/mol. The van der Waals surface area contributed by atoms with Crippen LogP contribution in [-0.4, -0.2) is 46.2 Å². The number of benzene rings is 2. The summed E-state index contributed by atoms with van der Waals surface area (Å²) >= 11 is 0. The van der Waals surface area contributed by atoms with E-state index in [4.69, 9.17) is 0 Å². The van der Waals surface area contributed by atoms with Crippen LogP contribution in [0.15, 0.2) is 65.8 Å². The van der Waals surface area contributed by atoms with Gasteiger partial charge in [-0.1, -0.05) is 24.1 Å². The van der Waals surface area contributed by atoms with Crippen LogP contribution < -0.4 is 5.32 Å². The van der Waals surface area contributed by atoms with Crippen molar-refractivity contribution in [1.29, 1.82) is 0 Å². The van der Waals surface area contributed by atoms with Crippen LogP contribution >= 0.6 is 0 Å². The van der Waals surface area contributed by atoms with Crippen molar-refractivity contribution >= 4 is 21.6 Å². The summed E-state index contributed by atoms with van der Waals surface area (Å²) in [7, 11) is -3.75. The monoisotopic (exact) mass is 425 g/mol. The minimum atomic E-state index is -3.75. The third-order valence-electron chi connectivity index (χ3n) is 5.17. The van der Waals surface area contributed by atoms with Gasteiger partial charge in [0.05, 0.1) is 23.0 Å². The number of aromatic nitrogens is 3. The normalized spacial score (nSPS) is 17.6. The van der Waals surface area contributed by atoms with E-state index in [-0.39, 0.29) is 10.8 Å². The number of hydrogen-bond acceptors (Lipinski definition) is 5. The molecule has 1 saturated heterocycles. The summed E-state index contributed by atoms with van der Waals surface area (Å²) in [5.41, 5.74) is 2.34. The number of nitrogens with zero attached hydrogens (tertiary/aromatic N) is 4. The van der Waals surface area contributed by atoms with Crippen LogP contribution in [0.2, 0.25) is 0 Å². The van der Waals surface area contributed by atoms with Crippen LogP contribution in [0.5, 0.6) is 0 Å². The maximum absolute atomic E-state index is 13.2. The van der Waals surface area contributed by atoms with Gasteiger partial charge in [0.15, 0.2) is 0 Å². The number of aryl methyl sites for hydroxylation is 1. The average Bonchev–Trinajstić information content (AvgIpc) is 3.29. The summed E-state index contributed by atoms with van der Waals surface area (Å²) in [6.07, 6.45) is 5.21. The second kappa shape index (κ2) is 8.37. The third-order valence-corrected chi connectivity index (χ3v) is 7.09. The Bertz CT molecular complexity index is 1110. The first-order valence-corrected chi connectivity index (χ1v) is 11.3. The molecule has 1 amide bonds. The minimum Gasteiger partial charge on any atom is -0.325 e. The van der Waals surface area contributed by atoms with Gasteiger partial charge in [-0.15, -0.1) is 0 Å². The van der Waals surface area contributed by atoms with E-state index in [1.165, 1.54) is 9.10 Å². The van der Waals surface area contributed by atoms with E-state index in [9.17, 15) is 13.2 Å². The Labute approximate surface area is 175 Å². The molecular weight excluding hydrogens is 402 g/mol. The van der Waals surface area contributed by atoms with Crippen molar-refractivity contribution in [2.45, 2.75) is 37.1 Å². The Kier molecular flexibility index (Phi) is 5.65. The number of sulfonamides is 1. The largest absolute Gasteiger partial charge is 0.325 e. The van der Waals surface area contributed by atoms with Gasteiger partial charge in [0.25, 0.3) is 0 Å². The molecule has 0 saturated carbocycles. The second-order valence-corrected chi connectivity index (χ2v) is 9.19. The van der Waals surface area contributed by atoms with E-state index in [1.807, 2.05) is 6.92 Å². The standard InChI is InChI=1S/C21H23N5O3S/c1-16-5-11-19(12-6-16)30(28,29)25-15-3-2-4-20(25)21(27)24-17-7-9-18(10-8-17)26-22-13-14-23-26/h5-14,20H,2-4,15H2,1H3,(H,24,27). The highest BCUT2D eigenvalue weighted by Gasteiger charge is 2.37. The zero-order valence-electron chi connectivity index (χ0n) is 16.6. The fourth-order valence-corrected chi connectivity index (χ4v) is 5.21. The van der Waals surface area contributed by atoms with Crippen LogP contribution in [0, 0.1) is 6.92 Å². The zero-order chi connectivity index (χ0) is 21.1. The Morgan fingerprint density at radius 2 is 1.67 bits per heavy atom. The molecule has 0 aliphatic carbocycles. The Morgan fingerprint density at radius 3 is 2.33 bits per heavy atom. The molecule has 1 aliphatic heterocycles. The van der Waals surface area contributed by atoms with Crippen molar-refractivity contribution in [2.24, 2.45) is 0 Å². The first kappa shape index (κ1) is 20.2. The molecule has 1 fully saturated rings. The third kappa shape index (κ3) is 4.12. The maximum atomic E-state index is 13.2. The highest BCUT2D eigenvalue weighted by molar-refractivity contribution is 7.89. The molecule has 156 valence electrons. The molecule has 8 nitrogen and oxygen atoms in total. The number of hydrogen-bond donors (Lipinski definition) is 1. The number of rotatable bonds is 5. The lowest BCUT2D eigenvalue weighted by Gasteiger charge is -2.33. The first-order chi connectivity index (χ1) is 14.4. The molecule has 1 aromatic heterocycles. The highest BCUT2D eigenvalue weighted by atomic mass is 32.2. The predicted octanol–water partition coefficient (Wildman–Crippen LogP) is 2.76. The number of piperidine rings is 1. The molecule has 2 aromatic carbocycles. The number of carbonyl (C=O) groups excluding carboxylic acids is 1. The number of anilines is 1. The maximum Gasteiger partial charge on any atom is 0.243 e. The Hall–Kier alpha value is -3.04. The van der Waals surface area contributed by atoms with E-state index in [0.29, 0.717) is 18.7 Å². The highest BCUT2D eigenvalue weighted by Crippen LogP contribution is 2.26. The summed E-state index contributed by atoms with van der Waals surface area (Å²) in [6, 6.07) is 13.1. The first-order valence-electron chi connectivity index (χ1n) is 9.81. The SMILES string of the molecule is Cc1ccc(S(=O)(=O)N2CCCCC2C(=O)Nc2ccc(-n3nccn3)cc2)cc1. The van der Waals surface area contributed by atoms with Gasteiger partial charge in [-0.25, -0.2) is 8.42 Å². The van der Waals surface area contributed by atoms with Gasteiger partial charge in [-0.05, 0) is 56.2 Å². The van der Waals surface area contributed by atoms with Gasteiger partial charge in [0, 0.05) is 12.2 Å². The van der Waals surface area contributed by atoms with E-state index in [0.717, 1.165) is 24.1 Å². The van der Waals surface area contributed by atoms with E-state index < -0.39 is 16.1 Å². The van der Waals surface area contributed by atoms with Crippen LogP contribution in [0.4, 0.5) is 5.69 Å².